The zero-order valence-electron chi connectivity index (χ0n) is 11.3. The van der Waals surface area contributed by atoms with E-state index in [1.54, 1.807) is 6.20 Å². The van der Waals surface area contributed by atoms with Gasteiger partial charge in [0.1, 0.15) is 0 Å². The smallest absolute Gasteiger partial charge is 0.0379 e. The summed E-state index contributed by atoms with van der Waals surface area (Å²) in [6.07, 6.45) is 1.79. The van der Waals surface area contributed by atoms with E-state index in [4.69, 9.17) is 4.79 Å². The van der Waals surface area contributed by atoms with Crippen LogP contribution in [-0.4, -0.2) is 20.6 Å². The molecule has 0 unspecified atom stereocenters. The maximum atomic E-state index is 7.50. The number of rotatable bonds is 1. The van der Waals surface area contributed by atoms with E-state index < -0.39 is 0 Å². The van der Waals surface area contributed by atoms with Crippen molar-refractivity contribution in [2.24, 2.45) is 0 Å². The van der Waals surface area contributed by atoms with Gasteiger partial charge >= 0.3 is 0 Å². The Bertz CT molecular complexity index is 369. The summed E-state index contributed by atoms with van der Waals surface area (Å²) in [7, 11) is 0.120. The molecule has 0 amide bonds. The second-order valence-corrected chi connectivity index (χ2v) is 6.99. The van der Waals surface area contributed by atoms with Gasteiger partial charge in [-0.2, -0.15) is 0 Å². The molecule has 0 aliphatic rings. The van der Waals surface area contributed by atoms with Crippen LogP contribution in [-0.2, 0) is 24.9 Å². The summed E-state index contributed by atoms with van der Waals surface area (Å²) in [6.45, 7) is 11.3. The standard InChI is InChI=1S/C11H8N.C3H9Si.CO.Ir/c1-2-6-10(7-3-1)11-8-4-5-9-12-11;1-4(2)3;1-2;/h1-6,8-9H;1-3H3;;/q-1;;-1;. The average molecular weight is 448 g/mol. The van der Waals surface area contributed by atoms with E-state index in [0.29, 0.717) is 0 Å². The quantitative estimate of drug-likeness (QED) is 0.495. The van der Waals surface area contributed by atoms with Crippen molar-refractivity contribution >= 4 is 15.6 Å². The number of benzene rings is 1. The van der Waals surface area contributed by atoms with Crippen LogP contribution in [0.25, 0.3) is 11.3 Å². The van der Waals surface area contributed by atoms with E-state index in [0.717, 1.165) is 11.3 Å². The minimum atomic E-state index is 0. The first-order valence-corrected chi connectivity index (χ1v) is 8.55. The van der Waals surface area contributed by atoms with E-state index in [9.17, 15) is 0 Å². The summed E-state index contributed by atoms with van der Waals surface area (Å²) in [5, 5.41) is 0. The second kappa shape index (κ2) is 13.3. The van der Waals surface area contributed by atoms with Crippen molar-refractivity contribution in [3.05, 3.63) is 54.7 Å². The molecule has 3 radical (unpaired) electrons. The van der Waals surface area contributed by atoms with Gasteiger partial charge in [-0.25, -0.2) is 0 Å². The average Bonchev–Trinajstić information content (AvgIpc) is 2.42. The summed E-state index contributed by atoms with van der Waals surface area (Å²) in [4.78, 5) is 11.7. The molecule has 4 heteroatoms. The number of pyridine rings is 1. The summed E-state index contributed by atoms with van der Waals surface area (Å²) < 4.78 is 0. The Morgan fingerprint density at radius 2 is 1.63 bits per heavy atom. The van der Waals surface area contributed by atoms with Crippen molar-refractivity contribution in [3.63, 3.8) is 0 Å². The number of hydrogen-bond acceptors (Lipinski definition) is 2. The van der Waals surface area contributed by atoms with Gasteiger partial charge < -0.3 is 16.6 Å². The van der Waals surface area contributed by atoms with Gasteiger partial charge in [0.15, 0.2) is 0 Å². The SMILES string of the molecule is C[Si](C)C.[C-]=O.[Ir].[c-]1ccccc1-c1ccccn1. The van der Waals surface area contributed by atoms with Crippen molar-refractivity contribution < 1.29 is 24.9 Å². The summed E-state index contributed by atoms with van der Waals surface area (Å²) in [5.41, 5.74) is 2.01. The topological polar surface area (TPSA) is 30.0 Å². The molecule has 1 heterocycles. The predicted molar refractivity (Wildman–Crippen MR) is 77.5 cm³/mol. The molecule has 103 valence electrons. The third-order valence-electron chi connectivity index (χ3n) is 1.65. The van der Waals surface area contributed by atoms with Crippen LogP contribution in [0.15, 0.2) is 48.7 Å². The fourth-order valence-electron chi connectivity index (χ4n) is 1.07. The Morgan fingerprint density at radius 1 is 1.05 bits per heavy atom. The molecule has 0 saturated carbocycles. The van der Waals surface area contributed by atoms with Crippen LogP contribution < -0.4 is 0 Å². The maximum Gasteiger partial charge on any atom is 0.0379 e. The first-order chi connectivity index (χ1) is 8.70. The predicted octanol–water partition coefficient (Wildman–Crippen LogP) is 3.52. The molecule has 0 aliphatic heterocycles. The van der Waals surface area contributed by atoms with Gasteiger partial charge in [-0.15, -0.1) is 35.9 Å². The van der Waals surface area contributed by atoms with Gasteiger partial charge in [0.25, 0.3) is 0 Å². The zero-order chi connectivity index (χ0) is 13.8. The normalized spacial score (nSPS) is 8.21. The molecule has 0 fully saturated rings. The van der Waals surface area contributed by atoms with Crippen molar-refractivity contribution in [3.8, 4) is 11.3 Å². The molecule has 2 aromatic rings. The van der Waals surface area contributed by atoms with Gasteiger partial charge in [-0.3, -0.25) is 0 Å². The van der Waals surface area contributed by atoms with Crippen molar-refractivity contribution in [1.82, 2.24) is 4.98 Å². The second-order valence-electron chi connectivity index (χ2n) is 3.99. The minimum absolute atomic E-state index is 0. The third-order valence-corrected chi connectivity index (χ3v) is 1.65. The van der Waals surface area contributed by atoms with Gasteiger partial charge in [0.05, 0.1) is 0 Å². The molecule has 0 N–H and O–H groups in total. The maximum absolute atomic E-state index is 7.50. The zero-order valence-corrected chi connectivity index (χ0v) is 14.7. The molecule has 19 heavy (non-hydrogen) atoms. The van der Waals surface area contributed by atoms with Gasteiger partial charge in [-0.1, -0.05) is 31.8 Å². The van der Waals surface area contributed by atoms with Crippen LogP contribution in [0.1, 0.15) is 0 Å². The summed E-state index contributed by atoms with van der Waals surface area (Å²) >= 11 is 0. The molecular formula is C15H17IrNOSi-2. The minimum Gasteiger partial charge on any atom is -0.573 e. The van der Waals surface area contributed by atoms with Crippen molar-refractivity contribution in [1.29, 1.82) is 0 Å². The number of carbonyl (C=O) groups excluding carboxylic acids is 1. The van der Waals surface area contributed by atoms with E-state index in [1.165, 1.54) is 0 Å². The Hall–Kier alpha value is -1.09. The van der Waals surface area contributed by atoms with Gasteiger partial charge in [0.2, 0.25) is 0 Å². The van der Waals surface area contributed by atoms with Crippen LogP contribution in [0.4, 0.5) is 0 Å². The van der Waals surface area contributed by atoms with Gasteiger partial charge in [-0.05, 0) is 11.8 Å². The summed E-state index contributed by atoms with van der Waals surface area (Å²) in [5.74, 6) is 0. The molecule has 2 rings (SSSR count). The third kappa shape index (κ3) is 10.5. The monoisotopic (exact) mass is 448 g/mol. The Labute approximate surface area is 131 Å². The molecule has 1 aromatic heterocycles. The fraction of sp³-hybridized carbons (Fsp3) is 0.200. The van der Waals surface area contributed by atoms with Crippen LogP contribution in [0.5, 0.6) is 0 Å². The molecular weight excluding hydrogens is 430 g/mol. The number of nitrogens with zero attached hydrogens (tertiary/aromatic N) is 1. The van der Waals surface area contributed by atoms with E-state index in [-0.39, 0.29) is 28.9 Å². The molecule has 2 nitrogen and oxygen atoms in total. The van der Waals surface area contributed by atoms with E-state index in [1.807, 2.05) is 42.5 Å². The number of hydrogen-bond donors (Lipinski definition) is 0. The Kier molecular flexibility index (Phi) is 14.2. The largest absolute Gasteiger partial charge is 0.573 e. The molecule has 1 aromatic carbocycles. The van der Waals surface area contributed by atoms with Crippen LogP contribution >= 0.6 is 0 Å². The summed E-state index contributed by atoms with van der Waals surface area (Å²) in [6, 6.07) is 16.8. The van der Waals surface area contributed by atoms with Crippen molar-refractivity contribution in [2.45, 2.75) is 19.6 Å². The van der Waals surface area contributed by atoms with E-state index >= 15 is 0 Å². The first kappa shape index (κ1) is 20.2. The Balaban J connectivity index is 0. The van der Waals surface area contributed by atoms with E-state index in [2.05, 4.69) is 37.5 Å². The molecule has 0 atom stereocenters. The molecule has 0 bridgehead atoms. The number of aromatic nitrogens is 1. The van der Waals surface area contributed by atoms with Crippen molar-refractivity contribution in [2.75, 3.05) is 0 Å². The molecule has 0 aliphatic carbocycles. The van der Waals surface area contributed by atoms with Crippen LogP contribution in [0, 0.1) is 6.07 Å². The molecule has 0 spiro atoms. The fourth-order valence-corrected chi connectivity index (χ4v) is 1.07. The Morgan fingerprint density at radius 3 is 2.05 bits per heavy atom. The first-order valence-electron chi connectivity index (χ1n) is 5.55. The van der Waals surface area contributed by atoms with Gasteiger partial charge in [0, 0.05) is 35.1 Å². The molecule has 0 saturated heterocycles. The van der Waals surface area contributed by atoms with Crippen LogP contribution in [0.2, 0.25) is 19.6 Å². The van der Waals surface area contributed by atoms with Crippen LogP contribution in [0.3, 0.4) is 0 Å².